The van der Waals surface area contributed by atoms with E-state index in [1.54, 1.807) is 0 Å². The van der Waals surface area contributed by atoms with Gasteiger partial charge >= 0.3 is 6.03 Å². The Morgan fingerprint density at radius 2 is 1.05 bits per heavy atom. The van der Waals surface area contributed by atoms with Gasteiger partial charge in [0.2, 0.25) is 0 Å². The van der Waals surface area contributed by atoms with Gasteiger partial charge < -0.3 is 5.73 Å². The highest BCUT2D eigenvalue weighted by atomic mass is 16.2. The molecule has 0 aromatic rings. The van der Waals surface area contributed by atoms with Gasteiger partial charge in [0.25, 0.3) is 0 Å². The largest absolute Gasteiger partial charge is 0.414 e. The molecule has 0 fully saturated rings. The fourth-order valence-electron chi connectivity index (χ4n) is 3.19. The van der Waals surface area contributed by atoms with Crippen LogP contribution in [0.5, 0.6) is 0 Å². The minimum Gasteiger partial charge on any atom is -0.319 e. The van der Waals surface area contributed by atoms with Gasteiger partial charge in [0.05, 0.1) is 19.6 Å². The summed E-state index contributed by atoms with van der Waals surface area (Å²) in [7, 11) is 0. The summed E-state index contributed by atoms with van der Waals surface area (Å²) in [5.74, 6) is 0. The Balaban J connectivity index is 4.04. The number of carbonyl (C=O) groups excluding carboxylic acids is 1. The molecule has 0 bridgehead atoms. The highest BCUT2D eigenvalue weighted by molar-refractivity contribution is 5.64. The second-order valence-corrected chi connectivity index (χ2v) is 6.78. The number of hydrogen-bond acceptors (Lipinski definition) is 1. The summed E-state index contributed by atoms with van der Waals surface area (Å²) in [6, 6.07) is -0.121. The molecule has 3 nitrogen and oxygen atoms in total. The van der Waals surface area contributed by atoms with E-state index < -0.39 is 0 Å². The maximum Gasteiger partial charge on any atom is 0.414 e. The molecule has 0 aliphatic rings. The smallest absolute Gasteiger partial charge is 0.319 e. The average Bonchev–Trinajstić information content (AvgIpc) is 2.51. The van der Waals surface area contributed by atoms with E-state index in [1.165, 1.54) is 64.2 Å². The minimum atomic E-state index is -0.121. The first-order valence-corrected chi connectivity index (χ1v) is 9.79. The van der Waals surface area contributed by atoms with Crippen LogP contribution in [0.15, 0.2) is 0 Å². The highest BCUT2D eigenvalue weighted by Gasteiger charge is 2.31. The number of urea groups is 1. The third kappa shape index (κ3) is 9.45. The van der Waals surface area contributed by atoms with Gasteiger partial charge in [-0.05, 0) is 32.6 Å². The van der Waals surface area contributed by atoms with E-state index in [9.17, 15) is 4.79 Å². The van der Waals surface area contributed by atoms with Crippen molar-refractivity contribution in [3.63, 3.8) is 0 Å². The number of amides is 2. The average molecular weight is 314 g/mol. The molecule has 2 amide bonds. The van der Waals surface area contributed by atoms with Crippen LogP contribution in [-0.2, 0) is 0 Å². The van der Waals surface area contributed by atoms with E-state index >= 15 is 0 Å². The Hall–Kier alpha value is -0.570. The number of primary amides is 1. The van der Waals surface area contributed by atoms with Crippen molar-refractivity contribution < 1.29 is 9.28 Å². The summed E-state index contributed by atoms with van der Waals surface area (Å²) in [5.41, 5.74) is 5.74. The fourth-order valence-corrected chi connectivity index (χ4v) is 3.19. The zero-order valence-corrected chi connectivity index (χ0v) is 15.5. The molecule has 0 atom stereocenters. The summed E-state index contributed by atoms with van der Waals surface area (Å²) in [6.45, 7) is 9.32. The molecule has 3 heteroatoms. The van der Waals surface area contributed by atoms with Crippen molar-refractivity contribution in [3.8, 4) is 0 Å². The zero-order valence-electron chi connectivity index (χ0n) is 15.5. The molecular formula is C19H41N2O+. The van der Waals surface area contributed by atoms with Crippen LogP contribution < -0.4 is 5.73 Å². The summed E-state index contributed by atoms with van der Waals surface area (Å²) in [4.78, 5) is 12.0. The molecule has 0 aliphatic heterocycles. The van der Waals surface area contributed by atoms with Crippen LogP contribution in [0.25, 0.3) is 0 Å². The van der Waals surface area contributed by atoms with Crippen molar-refractivity contribution in [2.24, 2.45) is 5.73 Å². The van der Waals surface area contributed by atoms with E-state index in [1.807, 2.05) is 0 Å². The predicted molar refractivity (Wildman–Crippen MR) is 96.9 cm³/mol. The van der Waals surface area contributed by atoms with Crippen LogP contribution in [0, 0.1) is 0 Å². The quantitative estimate of drug-likeness (QED) is 0.309. The number of unbranched alkanes of at least 4 members (excludes halogenated alkanes) is 10. The van der Waals surface area contributed by atoms with E-state index in [2.05, 4.69) is 20.8 Å². The molecular weight excluding hydrogens is 272 g/mol. The lowest BCUT2D eigenvalue weighted by Gasteiger charge is -2.33. The summed E-state index contributed by atoms with van der Waals surface area (Å²) in [6.07, 6.45) is 15.2. The lowest BCUT2D eigenvalue weighted by atomic mass is 10.1. The number of nitrogens with two attached hydrogens (primary N) is 1. The van der Waals surface area contributed by atoms with Gasteiger partial charge in [-0.3, -0.25) is 0 Å². The Morgan fingerprint density at radius 1 is 0.682 bits per heavy atom. The second-order valence-electron chi connectivity index (χ2n) is 6.78. The van der Waals surface area contributed by atoms with Crippen LogP contribution in [0.3, 0.4) is 0 Å². The SMILES string of the molecule is CCCCCCCC[N+](CC)(CCCCCCCC)C(N)=O. The number of nitrogens with zero attached hydrogens (tertiary/aromatic N) is 1. The van der Waals surface area contributed by atoms with Gasteiger partial charge in [-0.2, -0.15) is 0 Å². The van der Waals surface area contributed by atoms with Gasteiger partial charge in [0, 0.05) is 0 Å². The van der Waals surface area contributed by atoms with Crippen LogP contribution >= 0.6 is 0 Å². The Kier molecular flexibility index (Phi) is 13.7. The van der Waals surface area contributed by atoms with Crippen molar-refractivity contribution in [2.75, 3.05) is 19.6 Å². The first kappa shape index (κ1) is 21.4. The normalized spacial score (nSPS) is 11.8. The van der Waals surface area contributed by atoms with E-state index in [-0.39, 0.29) is 6.03 Å². The Morgan fingerprint density at radius 3 is 1.36 bits per heavy atom. The Bertz CT molecular complexity index is 250. The van der Waals surface area contributed by atoms with E-state index in [4.69, 9.17) is 5.73 Å². The molecule has 22 heavy (non-hydrogen) atoms. The molecule has 0 spiro atoms. The number of quaternary nitrogens is 1. The molecule has 0 aromatic heterocycles. The van der Waals surface area contributed by atoms with Crippen LogP contribution in [0.2, 0.25) is 0 Å². The van der Waals surface area contributed by atoms with Gasteiger partial charge in [0.1, 0.15) is 0 Å². The summed E-state index contributed by atoms with van der Waals surface area (Å²) >= 11 is 0. The maximum atomic E-state index is 12.0. The Labute approximate surface area is 139 Å². The molecule has 0 heterocycles. The van der Waals surface area contributed by atoms with Gasteiger partial charge in [-0.15, -0.1) is 0 Å². The number of carbonyl (C=O) groups is 1. The standard InChI is InChI=1S/C19H40N2O/c1-4-7-9-11-13-15-17-21(6-3,19(20)22)18-16-14-12-10-8-5-2/h4-18H2,1-3H3,(H-,20,22)/p+1. The zero-order chi connectivity index (χ0) is 16.7. The topological polar surface area (TPSA) is 43.1 Å². The third-order valence-electron chi connectivity index (χ3n) is 4.95. The molecule has 0 aromatic carbocycles. The summed E-state index contributed by atoms with van der Waals surface area (Å²) in [5, 5.41) is 0. The molecule has 2 N–H and O–H groups in total. The van der Waals surface area contributed by atoms with Crippen LogP contribution in [0.4, 0.5) is 4.79 Å². The number of hydrogen-bond donors (Lipinski definition) is 1. The fraction of sp³-hybridized carbons (Fsp3) is 0.947. The number of rotatable bonds is 15. The van der Waals surface area contributed by atoms with Crippen LogP contribution in [0.1, 0.15) is 97.8 Å². The predicted octanol–water partition coefficient (Wildman–Crippen LogP) is 5.62. The van der Waals surface area contributed by atoms with E-state index in [0.29, 0.717) is 4.48 Å². The molecule has 0 radical (unpaired) electrons. The monoisotopic (exact) mass is 313 g/mol. The molecule has 132 valence electrons. The van der Waals surface area contributed by atoms with Crippen molar-refractivity contribution in [1.82, 2.24) is 0 Å². The first-order valence-electron chi connectivity index (χ1n) is 9.79. The third-order valence-corrected chi connectivity index (χ3v) is 4.95. The second kappa shape index (κ2) is 14.0. The van der Waals surface area contributed by atoms with E-state index in [0.717, 1.165) is 32.5 Å². The van der Waals surface area contributed by atoms with Crippen molar-refractivity contribution in [2.45, 2.75) is 97.8 Å². The molecule has 0 aliphatic carbocycles. The molecule has 0 saturated carbocycles. The summed E-state index contributed by atoms with van der Waals surface area (Å²) < 4.78 is 0.502. The molecule has 0 unspecified atom stereocenters. The van der Waals surface area contributed by atoms with Crippen LogP contribution in [-0.4, -0.2) is 30.1 Å². The molecule has 0 saturated heterocycles. The van der Waals surface area contributed by atoms with Crippen molar-refractivity contribution in [1.29, 1.82) is 0 Å². The minimum absolute atomic E-state index is 0.121. The first-order chi connectivity index (χ1) is 10.6. The lowest BCUT2D eigenvalue weighted by molar-refractivity contribution is -0.848. The van der Waals surface area contributed by atoms with Gasteiger partial charge in [0.15, 0.2) is 0 Å². The highest BCUT2D eigenvalue weighted by Crippen LogP contribution is 2.15. The molecule has 0 rings (SSSR count). The lowest BCUT2D eigenvalue weighted by Crippen LogP contribution is -2.56. The maximum absolute atomic E-state index is 12.0. The van der Waals surface area contributed by atoms with Crippen molar-refractivity contribution in [3.05, 3.63) is 0 Å². The van der Waals surface area contributed by atoms with Crippen molar-refractivity contribution >= 4 is 6.03 Å². The van der Waals surface area contributed by atoms with Gasteiger partial charge in [-0.1, -0.05) is 65.2 Å². The van der Waals surface area contributed by atoms with Gasteiger partial charge in [-0.25, -0.2) is 9.28 Å².